The molecule has 33 heavy (non-hydrogen) atoms. The largest absolute Gasteiger partial charge is 0.339 e. The van der Waals surface area contributed by atoms with Crippen molar-refractivity contribution in [3.8, 4) is 0 Å². The summed E-state index contributed by atoms with van der Waals surface area (Å²) in [6, 6.07) is 13.4. The summed E-state index contributed by atoms with van der Waals surface area (Å²) < 4.78 is 13.7. The minimum atomic E-state index is -0.386. The Kier molecular flexibility index (Phi) is 8.45. The lowest BCUT2D eigenvalue weighted by molar-refractivity contribution is -0.111. The molecule has 0 aliphatic heterocycles. The Morgan fingerprint density at radius 1 is 1.18 bits per heavy atom. The van der Waals surface area contributed by atoms with Gasteiger partial charge in [0, 0.05) is 29.6 Å². The van der Waals surface area contributed by atoms with E-state index in [0.29, 0.717) is 34.3 Å². The lowest BCUT2D eigenvalue weighted by Gasteiger charge is -2.10. The molecule has 0 atom stereocenters. The molecule has 2 aromatic carbocycles. The van der Waals surface area contributed by atoms with Crippen molar-refractivity contribution in [2.24, 2.45) is 5.10 Å². The number of anilines is 4. The third-order valence-electron chi connectivity index (χ3n) is 4.15. The van der Waals surface area contributed by atoms with Gasteiger partial charge in [-0.3, -0.25) is 4.79 Å². The van der Waals surface area contributed by atoms with E-state index in [0.717, 1.165) is 0 Å². The van der Waals surface area contributed by atoms with Crippen molar-refractivity contribution in [3.05, 3.63) is 83.3 Å². The molecule has 1 heterocycles. The molecule has 170 valence electrons. The third-order valence-corrected chi connectivity index (χ3v) is 4.43. The van der Waals surface area contributed by atoms with Crippen molar-refractivity contribution in [1.29, 1.82) is 0 Å². The summed E-state index contributed by atoms with van der Waals surface area (Å²) in [7, 11) is 3.85. The Morgan fingerprint density at radius 2 is 1.97 bits per heavy atom. The molecule has 1 amide bonds. The predicted molar refractivity (Wildman–Crippen MR) is 131 cm³/mol. The molecule has 3 N–H and O–H groups in total. The quantitative estimate of drug-likeness (QED) is 0.243. The Hall–Kier alpha value is -3.82. The SMILES string of the molecule is CN(C)C/C=C/C(=O)Nc1cccc(Nc2nc(N/N=C/c3ccccc3F)ncc2Cl)c1. The van der Waals surface area contributed by atoms with Crippen molar-refractivity contribution in [2.75, 3.05) is 36.7 Å². The van der Waals surface area contributed by atoms with Crippen LogP contribution in [0.2, 0.25) is 5.02 Å². The molecular formula is C23H23ClFN7O. The van der Waals surface area contributed by atoms with E-state index in [9.17, 15) is 9.18 Å². The van der Waals surface area contributed by atoms with Crippen LogP contribution in [0.1, 0.15) is 5.56 Å². The molecular weight excluding hydrogens is 445 g/mol. The molecule has 1 aromatic heterocycles. The summed E-state index contributed by atoms with van der Waals surface area (Å²) in [5.74, 6) is -0.106. The molecule has 0 saturated carbocycles. The molecule has 0 fully saturated rings. The Morgan fingerprint density at radius 3 is 2.76 bits per heavy atom. The first-order valence-corrected chi connectivity index (χ1v) is 10.3. The number of aromatic nitrogens is 2. The van der Waals surface area contributed by atoms with Gasteiger partial charge in [-0.2, -0.15) is 10.1 Å². The summed E-state index contributed by atoms with van der Waals surface area (Å²) in [5.41, 5.74) is 4.25. The van der Waals surface area contributed by atoms with Gasteiger partial charge in [-0.1, -0.05) is 41.9 Å². The summed E-state index contributed by atoms with van der Waals surface area (Å²) in [6.07, 6.45) is 6.01. The zero-order chi connectivity index (χ0) is 23.6. The maximum Gasteiger partial charge on any atom is 0.248 e. The molecule has 0 spiro atoms. The molecule has 10 heteroatoms. The number of amides is 1. The zero-order valence-corrected chi connectivity index (χ0v) is 18.8. The second kappa shape index (κ2) is 11.7. The summed E-state index contributed by atoms with van der Waals surface area (Å²) in [6.45, 7) is 0.669. The number of nitrogens with one attached hydrogen (secondary N) is 3. The molecule has 0 aliphatic carbocycles. The van der Waals surface area contributed by atoms with Crippen LogP contribution in [-0.4, -0.2) is 47.6 Å². The van der Waals surface area contributed by atoms with Crippen LogP contribution in [0, 0.1) is 5.82 Å². The van der Waals surface area contributed by atoms with Crippen LogP contribution in [0.15, 0.2) is 72.0 Å². The Bertz CT molecular complexity index is 1170. The molecule has 0 bridgehead atoms. The number of likely N-dealkylation sites (N-methyl/N-ethyl adjacent to an activating group) is 1. The van der Waals surface area contributed by atoms with Gasteiger partial charge in [0.2, 0.25) is 11.9 Å². The van der Waals surface area contributed by atoms with Gasteiger partial charge >= 0.3 is 0 Å². The maximum absolute atomic E-state index is 13.7. The van der Waals surface area contributed by atoms with Gasteiger partial charge in [-0.15, -0.1) is 0 Å². The van der Waals surface area contributed by atoms with Crippen LogP contribution < -0.4 is 16.1 Å². The second-order valence-corrected chi connectivity index (χ2v) is 7.55. The minimum absolute atomic E-state index is 0.171. The van der Waals surface area contributed by atoms with Crippen LogP contribution in [0.25, 0.3) is 0 Å². The van der Waals surface area contributed by atoms with E-state index in [-0.39, 0.29) is 17.7 Å². The van der Waals surface area contributed by atoms with Crippen molar-refractivity contribution in [2.45, 2.75) is 0 Å². The van der Waals surface area contributed by atoms with Gasteiger partial charge < -0.3 is 15.5 Å². The number of hydrogen-bond donors (Lipinski definition) is 3. The number of hydrogen-bond acceptors (Lipinski definition) is 7. The Balaban J connectivity index is 1.66. The van der Waals surface area contributed by atoms with Crippen LogP contribution in [0.4, 0.5) is 27.5 Å². The summed E-state index contributed by atoms with van der Waals surface area (Å²) in [4.78, 5) is 22.4. The van der Waals surface area contributed by atoms with Gasteiger partial charge in [0.15, 0.2) is 5.82 Å². The van der Waals surface area contributed by atoms with Crippen LogP contribution in [-0.2, 0) is 4.79 Å². The molecule has 3 aromatic rings. The van der Waals surface area contributed by atoms with E-state index in [4.69, 9.17) is 11.6 Å². The monoisotopic (exact) mass is 467 g/mol. The van der Waals surface area contributed by atoms with E-state index in [1.54, 1.807) is 48.5 Å². The average molecular weight is 468 g/mol. The number of halogens is 2. The van der Waals surface area contributed by atoms with Gasteiger partial charge in [0.05, 0.1) is 12.4 Å². The molecule has 0 saturated heterocycles. The highest BCUT2D eigenvalue weighted by Gasteiger charge is 2.07. The highest BCUT2D eigenvalue weighted by molar-refractivity contribution is 6.32. The van der Waals surface area contributed by atoms with Crippen molar-refractivity contribution in [3.63, 3.8) is 0 Å². The van der Waals surface area contributed by atoms with E-state index < -0.39 is 0 Å². The highest BCUT2D eigenvalue weighted by atomic mass is 35.5. The number of carbonyl (C=O) groups excluding carboxylic acids is 1. The molecule has 8 nitrogen and oxygen atoms in total. The van der Waals surface area contributed by atoms with Crippen molar-refractivity contribution >= 4 is 46.9 Å². The van der Waals surface area contributed by atoms with E-state index in [1.165, 1.54) is 24.6 Å². The maximum atomic E-state index is 13.7. The number of hydrazone groups is 1. The fourth-order valence-electron chi connectivity index (χ4n) is 2.61. The summed E-state index contributed by atoms with van der Waals surface area (Å²) in [5, 5.41) is 10.2. The number of nitrogens with zero attached hydrogens (tertiary/aromatic N) is 4. The van der Waals surface area contributed by atoms with Crippen molar-refractivity contribution in [1.82, 2.24) is 14.9 Å². The van der Waals surface area contributed by atoms with Crippen LogP contribution in [0.5, 0.6) is 0 Å². The van der Waals surface area contributed by atoms with E-state index >= 15 is 0 Å². The molecule has 0 unspecified atom stereocenters. The van der Waals surface area contributed by atoms with Crippen molar-refractivity contribution < 1.29 is 9.18 Å². The lowest BCUT2D eigenvalue weighted by Crippen LogP contribution is -2.13. The fourth-order valence-corrected chi connectivity index (χ4v) is 2.75. The van der Waals surface area contributed by atoms with Gasteiger partial charge in [-0.25, -0.2) is 14.8 Å². The second-order valence-electron chi connectivity index (χ2n) is 7.14. The first-order chi connectivity index (χ1) is 15.9. The zero-order valence-electron chi connectivity index (χ0n) is 18.1. The van der Waals surface area contributed by atoms with E-state index in [1.807, 2.05) is 19.0 Å². The fraction of sp³-hybridized carbons (Fsp3) is 0.130. The van der Waals surface area contributed by atoms with Gasteiger partial charge in [0.1, 0.15) is 10.8 Å². The number of carbonyl (C=O) groups is 1. The number of benzene rings is 2. The standard InChI is InChI=1S/C23H23ClFN7O/c1-32(2)12-6-11-21(33)28-17-8-5-9-18(13-17)29-22-19(24)15-26-23(30-22)31-27-14-16-7-3-4-10-20(16)25/h3-11,13-15H,12H2,1-2H3,(H,28,33)(H2,26,29,30,31)/b11-6+,27-14+. The highest BCUT2D eigenvalue weighted by Crippen LogP contribution is 2.25. The normalized spacial score (nSPS) is 11.3. The first kappa shape index (κ1) is 23.8. The van der Waals surface area contributed by atoms with Crippen LogP contribution >= 0.6 is 11.6 Å². The van der Waals surface area contributed by atoms with E-state index in [2.05, 4.69) is 31.1 Å². The first-order valence-electron chi connectivity index (χ1n) is 9.96. The molecule has 0 radical (unpaired) electrons. The molecule has 3 rings (SSSR count). The lowest BCUT2D eigenvalue weighted by atomic mass is 10.2. The summed E-state index contributed by atoms with van der Waals surface area (Å²) >= 11 is 6.22. The smallest absolute Gasteiger partial charge is 0.248 e. The minimum Gasteiger partial charge on any atom is -0.339 e. The average Bonchev–Trinajstić information content (AvgIpc) is 2.77. The van der Waals surface area contributed by atoms with Crippen LogP contribution in [0.3, 0.4) is 0 Å². The number of rotatable bonds is 9. The third kappa shape index (κ3) is 7.67. The molecule has 0 aliphatic rings. The topological polar surface area (TPSA) is 94.5 Å². The van der Waals surface area contributed by atoms with Gasteiger partial charge in [-0.05, 0) is 38.4 Å². The predicted octanol–water partition coefficient (Wildman–Crippen LogP) is 4.52. The Labute approximate surface area is 196 Å². The van der Waals surface area contributed by atoms with Gasteiger partial charge in [0.25, 0.3) is 0 Å².